The molecule has 1 aliphatic heterocycles. The fourth-order valence-corrected chi connectivity index (χ4v) is 4.70. The highest BCUT2D eigenvalue weighted by atomic mass is 32.1. The second kappa shape index (κ2) is 7.15. The zero-order valence-electron chi connectivity index (χ0n) is 14.3. The van der Waals surface area contributed by atoms with Crippen molar-refractivity contribution in [3.8, 4) is 0 Å². The van der Waals surface area contributed by atoms with Gasteiger partial charge in [-0.2, -0.15) is 0 Å². The van der Waals surface area contributed by atoms with Crippen molar-refractivity contribution >= 4 is 11.3 Å². The maximum absolute atomic E-state index is 10.3. The topological polar surface area (TPSA) is 54.8 Å². The van der Waals surface area contributed by atoms with E-state index in [-0.39, 0.29) is 23.7 Å². The molecule has 23 heavy (non-hydrogen) atoms. The lowest BCUT2D eigenvalue weighted by molar-refractivity contribution is -0.209. The minimum Gasteiger partial charge on any atom is -0.392 e. The Morgan fingerprint density at radius 2 is 2.22 bits per heavy atom. The van der Waals surface area contributed by atoms with Gasteiger partial charge in [0.1, 0.15) is 11.1 Å². The van der Waals surface area contributed by atoms with Crippen molar-refractivity contribution in [3.05, 3.63) is 16.1 Å². The first-order valence-electron chi connectivity index (χ1n) is 8.58. The van der Waals surface area contributed by atoms with E-state index in [4.69, 9.17) is 9.47 Å². The van der Waals surface area contributed by atoms with Crippen LogP contribution < -0.4 is 0 Å². The first-order valence-corrected chi connectivity index (χ1v) is 9.46. The van der Waals surface area contributed by atoms with Crippen molar-refractivity contribution < 1.29 is 14.6 Å². The lowest BCUT2D eigenvalue weighted by Crippen LogP contribution is -2.62. The quantitative estimate of drug-likeness (QED) is 0.863. The maximum atomic E-state index is 10.3. The Bertz CT molecular complexity index is 512. The number of aliphatic hydroxyl groups is 1. The fraction of sp³-hybridized carbons (Fsp3) is 0.824. The second-order valence-corrected chi connectivity index (χ2v) is 7.65. The summed E-state index contributed by atoms with van der Waals surface area (Å²) in [6, 6.07) is 0. The third-order valence-corrected chi connectivity index (χ3v) is 6.61. The average Bonchev–Trinajstić information content (AvgIpc) is 3.03. The van der Waals surface area contributed by atoms with Crippen LogP contribution in [0.25, 0.3) is 0 Å². The molecule has 130 valence electrons. The number of thiazole rings is 1. The number of nitrogens with zero attached hydrogens (tertiary/aromatic N) is 2. The lowest BCUT2D eigenvalue weighted by atomic mass is 9.58. The minimum atomic E-state index is -0.186. The van der Waals surface area contributed by atoms with Gasteiger partial charge in [0.25, 0.3) is 0 Å². The van der Waals surface area contributed by atoms with Gasteiger partial charge in [-0.25, -0.2) is 4.98 Å². The van der Waals surface area contributed by atoms with Gasteiger partial charge in [0.15, 0.2) is 0 Å². The van der Waals surface area contributed by atoms with E-state index in [2.05, 4.69) is 15.3 Å². The van der Waals surface area contributed by atoms with Gasteiger partial charge in [0.2, 0.25) is 0 Å². The Balaban J connectivity index is 1.54. The van der Waals surface area contributed by atoms with Crippen LogP contribution in [0, 0.1) is 5.41 Å². The van der Waals surface area contributed by atoms with Gasteiger partial charge in [0, 0.05) is 37.5 Å². The SMILES string of the molecule is CCO[C@@H]1C[C@H](O)C12CCN(Cc1csc([C@H](C)OC)n1)CC2. The fourth-order valence-electron chi connectivity index (χ4n) is 3.86. The number of piperidine rings is 1. The Kier molecular flexibility index (Phi) is 5.38. The zero-order valence-corrected chi connectivity index (χ0v) is 15.1. The number of hydrogen-bond donors (Lipinski definition) is 1. The number of ether oxygens (including phenoxy) is 2. The van der Waals surface area contributed by atoms with Crippen LogP contribution in [-0.4, -0.2) is 54.0 Å². The summed E-state index contributed by atoms with van der Waals surface area (Å²) in [4.78, 5) is 7.12. The molecule has 1 saturated carbocycles. The third kappa shape index (κ3) is 3.33. The molecule has 3 atom stereocenters. The summed E-state index contributed by atoms with van der Waals surface area (Å²) >= 11 is 1.67. The predicted molar refractivity (Wildman–Crippen MR) is 90.5 cm³/mol. The Labute approximate surface area is 142 Å². The third-order valence-electron chi connectivity index (χ3n) is 5.55. The summed E-state index contributed by atoms with van der Waals surface area (Å²) < 4.78 is 11.2. The molecule has 1 aromatic heterocycles. The summed E-state index contributed by atoms with van der Waals surface area (Å²) in [5.41, 5.74) is 1.13. The van der Waals surface area contributed by atoms with E-state index in [1.807, 2.05) is 13.8 Å². The largest absolute Gasteiger partial charge is 0.392 e. The Morgan fingerprint density at radius 1 is 1.48 bits per heavy atom. The average molecular weight is 340 g/mol. The summed E-state index contributed by atoms with van der Waals surface area (Å²) in [5, 5.41) is 13.4. The summed E-state index contributed by atoms with van der Waals surface area (Å²) in [6.07, 6.45) is 2.97. The van der Waals surface area contributed by atoms with Crippen LogP contribution in [0.5, 0.6) is 0 Å². The van der Waals surface area contributed by atoms with E-state index < -0.39 is 0 Å². The number of aromatic nitrogens is 1. The molecule has 2 heterocycles. The maximum Gasteiger partial charge on any atom is 0.122 e. The molecule has 0 unspecified atom stereocenters. The van der Waals surface area contributed by atoms with E-state index in [1.165, 1.54) is 0 Å². The second-order valence-electron chi connectivity index (χ2n) is 6.76. The van der Waals surface area contributed by atoms with E-state index >= 15 is 0 Å². The van der Waals surface area contributed by atoms with Crippen LogP contribution in [-0.2, 0) is 16.0 Å². The number of rotatable bonds is 6. The molecule has 0 bridgehead atoms. The van der Waals surface area contributed by atoms with E-state index in [9.17, 15) is 5.11 Å². The summed E-state index contributed by atoms with van der Waals surface area (Å²) in [6.45, 7) is 7.70. The van der Waals surface area contributed by atoms with Crippen LogP contribution in [0.3, 0.4) is 0 Å². The summed E-state index contributed by atoms with van der Waals surface area (Å²) in [7, 11) is 1.72. The van der Waals surface area contributed by atoms with Crippen LogP contribution >= 0.6 is 11.3 Å². The molecule has 0 amide bonds. The summed E-state index contributed by atoms with van der Waals surface area (Å²) in [5.74, 6) is 0. The molecule has 2 fully saturated rings. The standard InChI is InChI=1S/C17H28N2O3S/c1-4-22-15-9-14(20)17(15)5-7-19(8-6-17)10-13-11-23-16(18-13)12(2)21-3/h11-12,14-15,20H,4-10H2,1-3H3/t12-,14-,15+/m0/s1. The molecule has 6 heteroatoms. The minimum absolute atomic E-state index is 0.00428. The van der Waals surface area contributed by atoms with Crippen LogP contribution in [0.2, 0.25) is 0 Å². The van der Waals surface area contributed by atoms with Crippen molar-refractivity contribution in [1.82, 2.24) is 9.88 Å². The smallest absolute Gasteiger partial charge is 0.122 e. The van der Waals surface area contributed by atoms with Crippen molar-refractivity contribution in [2.45, 2.75) is 58.0 Å². The van der Waals surface area contributed by atoms with Gasteiger partial charge in [-0.1, -0.05) is 0 Å². The molecule has 1 aliphatic carbocycles. The van der Waals surface area contributed by atoms with E-state index in [0.29, 0.717) is 0 Å². The van der Waals surface area contributed by atoms with Gasteiger partial charge >= 0.3 is 0 Å². The van der Waals surface area contributed by atoms with Crippen molar-refractivity contribution in [1.29, 1.82) is 0 Å². The van der Waals surface area contributed by atoms with E-state index in [1.54, 1.807) is 18.4 Å². The first-order chi connectivity index (χ1) is 11.1. The van der Waals surface area contributed by atoms with Gasteiger partial charge in [-0.3, -0.25) is 4.90 Å². The molecule has 1 aromatic rings. The molecule has 1 saturated heterocycles. The molecule has 1 spiro atoms. The molecule has 5 nitrogen and oxygen atoms in total. The van der Waals surface area contributed by atoms with Crippen molar-refractivity contribution in [2.24, 2.45) is 5.41 Å². The molecule has 0 radical (unpaired) electrons. The van der Waals surface area contributed by atoms with Gasteiger partial charge in [-0.15, -0.1) is 11.3 Å². The molecule has 3 rings (SSSR count). The molecule has 1 N–H and O–H groups in total. The monoisotopic (exact) mass is 340 g/mol. The van der Waals surface area contributed by atoms with Gasteiger partial charge < -0.3 is 14.6 Å². The first kappa shape index (κ1) is 17.3. The number of hydrogen-bond acceptors (Lipinski definition) is 6. The predicted octanol–water partition coefficient (Wildman–Crippen LogP) is 2.60. The molecular formula is C17H28N2O3S. The number of aliphatic hydroxyl groups excluding tert-OH is 1. The molecule has 2 aliphatic rings. The van der Waals surface area contributed by atoms with Crippen LogP contribution in [0.15, 0.2) is 5.38 Å². The van der Waals surface area contributed by atoms with Crippen molar-refractivity contribution in [3.63, 3.8) is 0 Å². The van der Waals surface area contributed by atoms with Crippen LogP contribution in [0.4, 0.5) is 0 Å². The highest BCUT2D eigenvalue weighted by Crippen LogP contribution is 2.51. The highest BCUT2D eigenvalue weighted by Gasteiger charge is 2.55. The molecule has 0 aromatic carbocycles. The van der Waals surface area contributed by atoms with Crippen LogP contribution in [0.1, 0.15) is 49.9 Å². The normalized spacial score (nSPS) is 28.7. The number of methoxy groups -OCH3 is 1. The molecular weight excluding hydrogens is 312 g/mol. The van der Waals surface area contributed by atoms with Gasteiger partial charge in [0.05, 0.1) is 17.9 Å². The number of likely N-dealkylation sites (tertiary alicyclic amines) is 1. The van der Waals surface area contributed by atoms with Crippen molar-refractivity contribution in [2.75, 3.05) is 26.8 Å². The highest BCUT2D eigenvalue weighted by molar-refractivity contribution is 7.09. The van der Waals surface area contributed by atoms with E-state index in [0.717, 1.165) is 56.2 Å². The zero-order chi connectivity index (χ0) is 16.4. The van der Waals surface area contributed by atoms with Gasteiger partial charge in [-0.05, 0) is 39.8 Å². The Hall–Kier alpha value is -0.530. The lowest BCUT2D eigenvalue weighted by Gasteiger charge is -2.56. The Morgan fingerprint density at radius 3 is 2.83 bits per heavy atom.